The smallest absolute Gasteiger partial charge is 0.248 e. The Morgan fingerprint density at radius 3 is 2.25 bits per heavy atom. The summed E-state index contributed by atoms with van der Waals surface area (Å²) in [6, 6.07) is 14.3. The summed E-state index contributed by atoms with van der Waals surface area (Å²) >= 11 is 3.38. The molecular formula is C15H14BrNO3. The molecule has 0 aromatic heterocycles. The molecule has 0 spiro atoms. The van der Waals surface area contributed by atoms with Crippen LogP contribution in [0.1, 0.15) is 10.4 Å². The maximum atomic E-state index is 10.9. The zero-order valence-electron chi connectivity index (χ0n) is 10.7. The van der Waals surface area contributed by atoms with E-state index in [9.17, 15) is 4.79 Å². The van der Waals surface area contributed by atoms with Crippen LogP contribution in [0.3, 0.4) is 0 Å². The number of amides is 1. The topological polar surface area (TPSA) is 61.6 Å². The van der Waals surface area contributed by atoms with Crippen LogP contribution in [0.25, 0.3) is 0 Å². The monoisotopic (exact) mass is 335 g/mol. The molecule has 2 aromatic carbocycles. The second-order valence-corrected chi connectivity index (χ2v) is 4.96. The molecule has 0 saturated heterocycles. The number of hydrogen-bond acceptors (Lipinski definition) is 3. The van der Waals surface area contributed by atoms with Gasteiger partial charge in [-0.15, -0.1) is 0 Å². The molecule has 104 valence electrons. The Morgan fingerprint density at radius 1 is 1.00 bits per heavy atom. The maximum Gasteiger partial charge on any atom is 0.248 e. The second kappa shape index (κ2) is 6.96. The van der Waals surface area contributed by atoms with Gasteiger partial charge >= 0.3 is 0 Å². The lowest BCUT2D eigenvalue weighted by Gasteiger charge is -2.08. The minimum absolute atomic E-state index is 0.419. The average Bonchev–Trinajstić information content (AvgIpc) is 2.44. The van der Waals surface area contributed by atoms with Gasteiger partial charge in [0.05, 0.1) is 0 Å². The molecule has 5 heteroatoms. The minimum atomic E-state index is -0.450. The standard InChI is InChI=1S/C15H14BrNO3/c16-12-2-1-3-14(10-12)20-9-8-19-13-6-4-11(5-7-13)15(17)18/h1-7,10H,8-9H2,(H2,17,18). The second-order valence-electron chi connectivity index (χ2n) is 4.04. The van der Waals surface area contributed by atoms with Crippen molar-refractivity contribution in [2.24, 2.45) is 5.73 Å². The van der Waals surface area contributed by atoms with Crippen molar-refractivity contribution in [3.8, 4) is 11.5 Å². The van der Waals surface area contributed by atoms with Crippen LogP contribution < -0.4 is 15.2 Å². The predicted octanol–water partition coefficient (Wildman–Crippen LogP) is 3.01. The van der Waals surface area contributed by atoms with Gasteiger partial charge in [0.1, 0.15) is 24.7 Å². The number of benzene rings is 2. The van der Waals surface area contributed by atoms with E-state index in [0.29, 0.717) is 24.5 Å². The van der Waals surface area contributed by atoms with Gasteiger partial charge in [-0.3, -0.25) is 4.79 Å². The summed E-state index contributed by atoms with van der Waals surface area (Å²) in [5.41, 5.74) is 5.62. The molecule has 2 aromatic rings. The van der Waals surface area contributed by atoms with Crippen LogP contribution in [-0.2, 0) is 0 Å². The molecule has 0 aliphatic heterocycles. The van der Waals surface area contributed by atoms with E-state index in [1.165, 1.54) is 0 Å². The first-order valence-electron chi connectivity index (χ1n) is 6.06. The first-order valence-corrected chi connectivity index (χ1v) is 6.85. The van der Waals surface area contributed by atoms with Gasteiger partial charge in [-0.25, -0.2) is 0 Å². The molecule has 2 N–H and O–H groups in total. The molecule has 0 atom stereocenters. The maximum absolute atomic E-state index is 10.9. The van der Waals surface area contributed by atoms with Crippen molar-refractivity contribution < 1.29 is 14.3 Å². The third-order valence-corrected chi connectivity index (χ3v) is 3.05. The summed E-state index contributed by atoms with van der Waals surface area (Å²) in [5, 5.41) is 0. The van der Waals surface area contributed by atoms with Crippen molar-refractivity contribution in [2.75, 3.05) is 13.2 Å². The van der Waals surface area contributed by atoms with E-state index >= 15 is 0 Å². The van der Waals surface area contributed by atoms with E-state index in [4.69, 9.17) is 15.2 Å². The molecule has 0 heterocycles. The fraction of sp³-hybridized carbons (Fsp3) is 0.133. The quantitative estimate of drug-likeness (QED) is 0.825. The van der Waals surface area contributed by atoms with E-state index < -0.39 is 5.91 Å². The van der Waals surface area contributed by atoms with Crippen molar-refractivity contribution >= 4 is 21.8 Å². The van der Waals surface area contributed by atoms with Crippen molar-refractivity contribution in [2.45, 2.75) is 0 Å². The molecule has 0 radical (unpaired) electrons. The third kappa shape index (κ3) is 4.28. The zero-order valence-corrected chi connectivity index (χ0v) is 12.3. The molecule has 2 rings (SSSR count). The van der Waals surface area contributed by atoms with Gasteiger partial charge in [0, 0.05) is 10.0 Å². The number of nitrogens with two attached hydrogens (primary N) is 1. The van der Waals surface area contributed by atoms with Gasteiger partial charge in [-0.1, -0.05) is 22.0 Å². The lowest BCUT2D eigenvalue weighted by molar-refractivity contribution is 0.1000. The molecule has 0 fully saturated rings. The molecule has 0 aliphatic carbocycles. The first kappa shape index (κ1) is 14.4. The van der Waals surface area contributed by atoms with Crippen LogP contribution in [0.2, 0.25) is 0 Å². The van der Waals surface area contributed by atoms with Crippen LogP contribution in [0.4, 0.5) is 0 Å². The molecule has 0 bridgehead atoms. The molecule has 0 unspecified atom stereocenters. The van der Waals surface area contributed by atoms with Gasteiger partial charge in [0.15, 0.2) is 0 Å². The van der Waals surface area contributed by atoms with Gasteiger partial charge in [-0.2, -0.15) is 0 Å². The summed E-state index contributed by atoms with van der Waals surface area (Å²) in [6.45, 7) is 0.858. The lowest BCUT2D eigenvalue weighted by atomic mass is 10.2. The molecule has 1 amide bonds. The van der Waals surface area contributed by atoms with Crippen LogP contribution in [0, 0.1) is 0 Å². The molecule has 20 heavy (non-hydrogen) atoms. The van der Waals surface area contributed by atoms with Crippen molar-refractivity contribution in [1.29, 1.82) is 0 Å². The number of carbonyl (C=O) groups excluding carboxylic acids is 1. The fourth-order valence-electron chi connectivity index (χ4n) is 1.59. The Morgan fingerprint density at radius 2 is 1.65 bits per heavy atom. The Hall–Kier alpha value is -2.01. The Kier molecular flexibility index (Phi) is 5.01. The number of carbonyl (C=O) groups is 1. The first-order chi connectivity index (χ1) is 9.65. The molecular weight excluding hydrogens is 322 g/mol. The third-order valence-electron chi connectivity index (χ3n) is 2.56. The largest absolute Gasteiger partial charge is 0.490 e. The highest BCUT2D eigenvalue weighted by molar-refractivity contribution is 9.10. The Bertz CT molecular complexity index is 584. The highest BCUT2D eigenvalue weighted by atomic mass is 79.9. The van der Waals surface area contributed by atoms with Crippen LogP contribution in [0.5, 0.6) is 11.5 Å². The van der Waals surface area contributed by atoms with E-state index in [1.54, 1.807) is 24.3 Å². The fourth-order valence-corrected chi connectivity index (χ4v) is 1.97. The van der Waals surface area contributed by atoms with E-state index in [1.807, 2.05) is 24.3 Å². The zero-order chi connectivity index (χ0) is 14.4. The highest BCUT2D eigenvalue weighted by Gasteiger charge is 2.00. The average molecular weight is 336 g/mol. The normalized spacial score (nSPS) is 10.1. The van der Waals surface area contributed by atoms with Crippen molar-refractivity contribution in [3.05, 3.63) is 58.6 Å². The summed E-state index contributed by atoms with van der Waals surface area (Å²) in [5.74, 6) is 1.01. The molecule has 4 nitrogen and oxygen atoms in total. The number of ether oxygens (including phenoxy) is 2. The van der Waals surface area contributed by atoms with Gasteiger partial charge in [0.2, 0.25) is 5.91 Å². The minimum Gasteiger partial charge on any atom is -0.490 e. The number of primary amides is 1. The lowest BCUT2D eigenvalue weighted by Crippen LogP contribution is -2.11. The summed E-state index contributed by atoms with van der Waals surface area (Å²) < 4.78 is 12.0. The summed E-state index contributed by atoms with van der Waals surface area (Å²) in [4.78, 5) is 10.9. The molecule has 0 saturated carbocycles. The molecule has 0 aliphatic rings. The van der Waals surface area contributed by atoms with Gasteiger partial charge < -0.3 is 15.2 Å². The van der Waals surface area contributed by atoms with Gasteiger partial charge in [0.25, 0.3) is 0 Å². The van der Waals surface area contributed by atoms with E-state index in [0.717, 1.165) is 10.2 Å². The number of rotatable bonds is 6. The Labute approximate surface area is 125 Å². The SMILES string of the molecule is NC(=O)c1ccc(OCCOc2cccc(Br)c2)cc1. The van der Waals surface area contributed by atoms with E-state index in [2.05, 4.69) is 15.9 Å². The van der Waals surface area contributed by atoms with Crippen molar-refractivity contribution in [1.82, 2.24) is 0 Å². The summed E-state index contributed by atoms with van der Waals surface area (Å²) in [6.07, 6.45) is 0. The van der Waals surface area contributed by atoms with Crippen LogP contribution >= 0.6 is 15.9 Å². The summed E-state index contributed by atoms with van der Waals surface area (Å²) in [7, 11) is 0. The Balaban J connectivity index is 1.77. The van der Waals surface area contributed by atoms with Crippen molar-refractivity contribution in [3.63, 3.8) is 0 Å². The number of halogens is 1. The predicted molar refractivity (Wildman–Crippen MR) is 80.1 cm³/mol. The number of hydrogen-bond donors (Lipinski definition) is 1. The van der Waals surface area contributed by atoms with Gasteiger partial charge in [-0.05, 0) is 42.5 Å². The van der Waals surface area contributed by atoms with E-state index in [-0.39, 0.29) is 0 Å². The van der Waals surface area contributed by atoms with Crippen LogP contribution in [0.15, 0.2) is 53.0 Å². The highest BCUT2D eigenvalue weighted by Crippen LogP contribution is 2.17. The van der Waals surface area contributed by atoms with Crippen LogP contribution in [-0.4, -0.2) is 19.1 Å².